The van der Waals surface area contributed by atoms with Crippen molar-refractivity contribution in [2.24, 2.45) is 0 Å². The molecule has 1 heterocycles. The van der Waals surface area contributed by atoms with E-state index in [4.69, 9.17) is 0 Å². The Bertz CT molecular complexity index is 617. The minimum absolute atomic E-state index is 0.0661. The molecule has 0 bridgehead atoms. The summed E-state index contributed by atoms with van der Waals surface area (Å²) in [6.07, 6.45) is 0.958. The molecule has 94 valence electrons. The Morgan fingerprint density at radius 2 is 1.72 bits per heavy atom. The number of halogens is 1. The van der Waals surface area contributed by atoms with Crippen LogP contribution < -0.4 is 5.43 Å². The first-order valence-corrected chi connectivity index (χ1v) is 6.81. The number of benzene rings is 1. The van der Waals surface area contributed by atoms with Gasteiger partial charge < -0.3 is 4.57 Å². The lowest BCUT2D eigenvalue weighted by Gasteiger charge is -2.17. The van der Waals surface area contributed by atoms with E-state index in [1.165, 1.54) is 5.56 Å². The number of pyridine rings is 1. The number of nitrogens with zero attached hydrogens (tertiary/aromatic N) is 1. The number of hydrogen-bond acceptors (Lipinski definition) is 1. The molecule has 0 spiro atoms. The Balaban J connectivity index is 2.73. The number of aryl methyl sites for hydroxylation is 3. The molecule has 0 atom stereocenters. The van der Waals surface area contributed by atoms with Crippen molar-refractivity contribution in [3.8, 4) is 5.69 Å². The average Bonchev–Trinajstić information content (AvgIpc) is 2.29. The van der Waals surface area contributed by atoms with Crippen LogP contribution in [0.4, 0.5) is 0 Å². The molecule has 1 aromatic heterocycles. The van der Waals surface area contributed by atoms with Gasteiger partial charge in [0, 0.05) is 33.7 Å². The van der Waals surface area contributed by atoms with E-state index in [1.807, 2.05) is 19.9 Å². The topological polar surface area (TPSA) is 22.0 Å². The van der Waals surface area contributed by atoms with Crippen LogP contribution >= 0.6 is 15.9 Å². The molecule has 0 aliphatic heterocycles. The minimum Gasteiger partial charge on any atom is -0.318 e. The van der Waals surface area contributed by atoms with Crippen LogP contribution in [0.3, 0.4) is 0 Å². The van der Waals surface area contributed by atoms with Crippen molar-refractivity contribution in [2.45, 2.75) is 27.2 Å². The van der Waals surface area contributed by atoms with Crippen LogP contribution in [0.2, 0.25) is 0 Å². The van der Waals surface area contributed by atoms with Crippen LogP contribution in [0.1, 0.15) is 23.9 Å². The molecule has 0 aliphatic carbocycles. The molecule has 0 saturated heterocycles. The van der Waals surface area contributed by atoms with Gasteiger partial charge in [0.25, 0.3) is 0 Å². The van der Waals surface area contributed by atoms with Crippen molar-refractivity contribution in [1.29, 1.82) is 0 Å². The van der Waals surface area contributed by atoms with Crippen molar-refractivity contribution in [3.63, 3.8) is 0 Å². The Kier molecular flexibility index (Phi) is 3.71. The zero-order valence-electron chi connectivity index (χ0n) is 10.8. The molecule has 0 aliphatic rings. The molecule has 18 heavy (non-hydrogen) atoms. The summed E-state index contributed by atoms with van der Waals surface area (Å²) in [4.78, 5) is 11.5. The van der Waals surface area contributed by atoms with Gasteiger partial charge in [-0.25, -0.2) is 0 Å². The van der Waals surface area contributed by atoms with Crippen molar-refractivity contribution in [1.82, 2.24) is 4.57 Å². The molecule has 2 aromatic rings. The second-order valence-electron chi connectivity index (χ2n) is 4.44. The highest BCUT2D eigenvalue weighted by Crippen LogP contribution is 2.22. The van der Waals surface area contributed by atoms with Gasteiger partial charge in [-0.2, -0.15) is 0 Å². The van der Waals surface area contributed by atoms with Crippen LogP contribution in [0, 0.1) is 13.8 Å². The summed E-state index contributed by atoms with van der Waals surface area (Å²) in [7, 11) is 0. The maximum Gasteiger partial charge on any atom is 0.182 e. The molecule has 2 rings (SSSR count). The Morgan fingerprint density at radius 1 is 1.11 bits per heavy atom. The minimum atomic E-state index is 0.0661. The molecule has 2 nitrogen and oxygen atoms in total. The standard InChI is InChI=1S/C15H16BrNO/c1-4-12-9-13(16)5-6-15(12)17-10(2)7-14(18)8-11(17)3/h5-9H,4H2,1-3H3. The van der Waals surface area contributed by atoms with Crippen molar-refractivity contribution in [2.75, 3.05) is 0 Å². The summed E-state index contributed by atoms with van der Waals surface area (Å²) >= 11 is 3.50. The van der Waals surface area contributed by atoms with Crippen LogP contribution in [0.25, 0.3) is 5.69 Å². The SMILES string of the molecule is CCc1cc(Br)ccc1-n1c(C)cc(=O)cc1C. The van der Waals surface area contributed by atoms with E-state index in [0.29, 0.717) is 0 Å². The molecular formula is C15H16BrNO. The van der Waals surface area contributed by atoms with Crippen molar-refractivity contribution >= 4 is 15.9 Å². The molecule has 0 unspecified atom stereocenters. The third-order valence-corrected chi connectivity index (χ3v) is 3.56. The molecule has 0 fully saturated rings. The molecule has 1 aromatic carbocycles. The lowest BCUT2D eigenvalue weighted by Crippen LogP contribution is -2.12. The van der Waals surface area contributed by atoms with Crippen molar-refractivity contribution in [3.05, 3.63) is 62.0 Å². The van der Waals surface area contributed by atoms with E-state index < -0.39 is 0 Å². The highest BCUT2D eigenvalue weighted by Gasteiger charge is 2.08. The van der Waals surface area contributed by atoms with Gasteiger partial charge in [-0.15, -0.1) is 0 Å². The fourth-order valence-corrected chi connectivity index (χ4v) is 2.70. The molecular weight excluding hydrogens is 290 g/mol. The van der Waals surface area contributed by atoms with E-state index in [1.54, 1.807) is 12.1 Å². The fourth-order valence-electron chi connectivity index (χ4n) is 2.30. The molecule has 0 radical (unpaired) electrons. The highest BCUT2D eigenvalue weighted by atomic mass is 79.9. The first-order valence-electron chi connectivity index (χ1n) is 6.02. The van der Waals surface area contributed by atoms with Gasteiger partial charge in [0.05, 0.1) is 0 Å². The fraction of sp³-hybridized carbons (Fsp3) is 0.267. The quantitative estimate of drug-likeness (QED) is 0.827. The van der Waals surface area contributed by atoms with Gasteiger partial charge in [-0.1, -0.05) is 22.9 Å². The summed E-state index contributed by atoms with van der Waals surface area (Å²) in [5, 5.41) is 0. The highest BCUT2D eigenvalue weighted by molar-refractivity contribution is 9.10. The number of aromatic nitrogens is 1. The van der Waals surface area contributed by atoms with E-state index in [2.05, 4.69) is 39.6 Å². The predicted octanol–water partition coefficient (Wildman–Crippen LogP) is 3.78. The number of rotatable bonds is 2. The van der Waals surface area contributed by atoms with Gasteiger partial charge in [0.2, 0.25) is 0 Å². The van der Waals surface area contributed by atoms with Gasteiger partial charge in [0.1, 0.15) is 0 Å². The normalized spacial score (nSPS) is 10.7. The second-order valence-corrected chi connectivity index (χ2v) is 5.35. The largest absolute Gasteiger partial charge is 0.318 e. The van der Waals surface area contributed by atoms with Crippen molar-refractivity contribution < 1.29 is 0 Å². The van der Waals surface area contributed by atoms with E-state index in [9.17, 15) is 4.79 Å². The summed E-state index contributed by atoms with van der Waals surface area (Å²) in [6, 6.07) is 9.61. The monoisotopic (exact) mass is 305 g/mol. The zero-order chi connectivity index (χ0) is 13.3. The molecule has 0 saturated carbocycles. The smallest absolute Gasteiger partial charge is 0.182 e. The Labute approximate surface area is 115 Å². The zero-order valence-corrected chi connectivity index (χ0v) is 12.4. The van der Waals surface area contributed by atoms with Gasteiger partial charge in [0.15, 0.2) is 5.43 Å². The average molecular weight is 306 g/mol. The molecule has 0 N–H and O–H groups in total. The lowest BCUT2D eigenvalue weighted by molar-refractivity contribution is 0.901. The maximum atomic E-state index is 11.5. The Hall–Kier alpha value is -1.35. The predicted molar refractivity (Wildman–Crippen MR) is 78.6 cm³/mol. The van der Waals surface area contributed by atoms with Gasteiger partial charge in [-0.05, 0) is 44.0 Å². The van der Waals surface area contributed by atoms with Crippen LogP contribution in [-0.4, -0.2) is 4.57 Å². The van der Waals surface area contributed by atoms with E-state index in [0.717, 1.165) is 28.0 Å². The third kappa shape index (κ3) is 2.41. The van der Waals surface area contributed by atoms with Crippen LogP contribution in [0.5, 0.6) is 0 Å². The third-order valence-electron chi connectivity index (χ3n) is 3.07. The lowest BCUT2D eigenvalue weighted by atomic mass is 10.1. The second kappa shape index (κ2) is 5.11. The van der Waals surface area contributed by atoms with Crippen LogP contribution in [0.15, 0.2) is 39.6 Å². The van der Waals surface area contributed by atoms with Crippen LogP contribution in [-0.2, 0) is 6.42 Å². The molecule has 0 amide bonds. The van der Waals surface area contributed by atoms with E-state index in [-0.39, 0.29) is 5.43 Å². The summed E-state index contributed by atoms with van der Waals surface area (Å²) in [5.74, 6) is 0. The Morgan fingerprint density at radius 3 is 2.28 bits per heavy atom. The summed E-state index contributed by atoms with van der Waals surface area (Å²) in [5.41, 5.74) is 4.42. The summed E-state index contributed by atoms with van der Waals surface area (Å²) < 4.78 is 3.21. The van der Waals surface area contributed by atoms with E-state index >= 15 is 0 Å². The maximum absolute atomic E-state index is 11.5. The van der Waals surface area contributed by atoms with Gasteiger partial charge in [-0.3, -0.25) is 4.79 Å². The first kappa shape index (κ1) is 13.1. The van der Waals surface area contributed by atoms with Gasteiger partial charge >= 0.3 is 0 Å². The molecule has 3 heteroatoms. The number of hydrogen-bond donors (Lipinski definition) is 0. The first-order chi connectivity index (χ1) is 8.52. The summed E-state index contributed by atoms with van der Waals surface area (Å²) in [6.45, 7) is 6.07.